The molecule has 0 aromatic carbocycles. The Bertz CT molecular complexity index is 245. The van der Waals surface area contributed by atoms with Gasteiger partial charge in [-0.2, -0.15) is 4.57 Å². The van der Waals surface area contributed by atoms with Crippen LogP contribution in [-0.4, -0.2) is 0 Å². The molecule has 12 heavy (non-hydrogen) atoms. The minimum absolute atomic E-state index is 0. The van der Waals surface area contributed by atoms with Gasteiger partial charge in [0, 0.05) is 18.6 Å². The molecule has 0 aliphatic heterocycles. The summed E-state index contributed by atoms with van der Waals surface area (Å²) in [5, 5.41) is 0. The van der Waals surface area contributed by atoms with Gasteiger partial charge in [-0.05, 0) is 13.0 Å². The maximum absolute atomic E-state index is 3.74. The van der Waals surface area contributed by atoms with E-state index in [9.17, 15) is 0 Å². The number of hydrogen-bond acceptors (Lipinski definition) is 0. The highest BCUT2D eigenvalue weighted by molar-refractivity contribution is 5.04. The summed E-state index contributed by atoms with van der Waals surface area (Å²) in [5.41, 5.74) is 1.32. The molecule has 0 spiro atoms. The number of halogens is 1. The Balaban J connectivity index is 0.00000121. The fourth-order valence-electron chi connectivity index (χ4n) is 1.14. The van der Waals surface area contributed by atoms with Crippen molar-refractivity contribution in [1.29, 1.82) is 0 Å². The second kappa shape index (κ2) is 6.17. The first-order valence-electron chi connectivity index (χ1n) is 4.00. The van der Waals surface area contributed by atoms with Crippen molar-refractivity contribution in [3.63, 3.8) is 0 Å². The molecule has 0 radical (unpaired) electrons. The standard InChI is InChI=1S/C10H14N.HI/c1-3-7-10-8-5-6-9-11(10)4-2;/h4-6,8-9H,2-3,7H2,1H3;1H/q+1;/p-1. The summed E-state index contributed by atoms with van der Waals surface area (Å²) in [7, 11) is 0. The molecule has 0 atom stereocenters. The zero-order valence-corrected chi connectivity index (χ0v) is 9.49. The first-order valence-corrected chi connectivity index (χ1v) is 4.00. The quantitative estimate of drug-likeness (QED) is 0.494. The number of hydrogen-bond donors (Lipinski definition) is 0. The predicted octanol–water partition coefficient (Wildman–Crippen LogP) is -0.969. The molecule has 0 fully saturated rings. The number of nitrogens with zero attached hydrogens (tertiary/aromatic N) is 1. The predicted molar refractivity (Wildman–Crippen MR) is 47.0 cm³/mol. The van der Waals surface area contributed by atoms with Crippen LogP contribution in [0.5, 0.6) is 0 Å². The van der Waals surface area contributed by atoms with E-state index in [4.69, 9.17) is 0 Å². The fourth-order valence-corrected chi connectivity index (χ4v) is 1.14. The van der Waals surface area contributed by atoms with Gasteiger partial charge in [0.05, 0.1) is 0 Å². The van der Waals surface area contributed by atoms with E-state index in [1.165, 1.54) is 12.1 Å². The molecule has 1 heterocycles. The third-order valence-electron chi connectivity index (χ3n) is 1.68. The van der Waals surface area contributed by atoms with E-state index in [2.05, 4.69) is 30.2 Å². The molecule has 0 aliphatic carbocycles. The van der Waals surface area contributed by atoms with Gasteiger partial charge in [-0.15, -0.1) is 0 Å². The smallest absolute Gasteiger partial charge is 0.186 e. The Kier molecular flexibility index (Phi) is 5.98. The van der Waals surface area contributed by atoms with Crippen molar-refractivity contribution in [2.24, 2.45) is 0 Å². The van der Waals surface area contributed by atoms with E-state index in [1.807, 2.05) is 18.5 Å². The maximum Gasteiger partial charge on any atom is 0.186 e. The normalized spacial score (nSPS) is 8.75. The molecule has 0 bridgehead atoms. The minimum Gasteiger partial charge on any atom is -1.00 e. The van der Waals surface area contributed by atoms with Gasteiger partial charge in [0.1, 0.15) is 0 Å². The lowest BCUT2D eigenvalue weighted by Gasteiger charge is -1.95. The minimum atomic E-state index is 0. The number of pyridine rings is 1. The average Bonchev–Trinajstić information content (AvgIpc) is 2.06. The Hall–Kier alpha value is -0.380. The molecule has 0 aliphatic rings. The van der Waals surface area contributed by atoms with Crippen molar-refractivity contribution in [3.8, 4) is 0 Å². The average molecular weight is 275 g/mol. The van der Waals surface area contributed by atoms with Gasteiger partial charge in [-0.3, -0.25) is 0 Å². The largest absolute Gasteiger partial charge is 1.00 e. The number of aryl methyl sites for hydroxylation is 1. The van der Waals surface area contributed by atoms with E-state index in [0.29, 0.717) is 0 Å². The summed E-state index contributed by atoms with van der Waals surface area (Å²) in [4.78, 5) is 0. The third kappa shape index (κ3) is 2.93. The Morgan fingerprint density at radius 1 is 1.50 bits per heavy atom. The molecule has 1 rings (SSSR count). The van der Waals surface area contributed by atoms with Crippen molar-refractivity contribution in [2.45, 2.75) is 19.8 Å². The molecule has 0 amide bonds. The molecule has 0 unspecified atom stereocenters. The lowest BCUT2D eigenvalue weighted by Crippen LogP contribution is -3.00. The van der Waals surface area contributed by atoms with Crippen LogP contribution in [0.3, 0.4) is 0 Å². The molecule has 0 saturated heterocycles. The van der Waals surface area contributed by atoms with Crippen molar-refractivity contribution in [2.75, 3.05) is 0 Å². The van der Waals surface area contributed by atoms with Gasteiger partial charge in [0.2, 0.25) is 0 Å². The van der Waals surface area contributed by atoms with Crippen LogP contribution >= 0.6 is 0 Å². The van der Waals surface area contributed by atoms with Crippen molar-refractivity contribution in [1.82, 2.24) is 0 Å². The fraction of sp³-hybridized carbons (Fsp3) is 0.300. The van der Waals surface area contributed by atoms with Crippen LogP contribution in [0.15, 0.2) is 31.0 Å². The third-order valence-corrected chi connectivity index (χ3v) is 1.68. The van der Waals surface area contributed by atoms with E-state index < -0.39 is 0 Å². The molecule has 2 heteroatoms. The van der Waals surface area contributed by atoms with Gasteiger partial charge in [-0.25, -0.2) is 0 Å². The van der Waals surface area contributed by atoms with Crippen LogP contribution in [0, 0.1) is 0 Å². The lowest BCUT2D eigenvalue weighted by atomic mass is 10.2. The molecule has 1 nitrogen and oxygen atoms in total. The first kappa shape index (κ1) is 11.6. The summed E-state index contributed by atoms with van der Waals surface area (Å²) in [6.45, 7) is 5.92. The SMILES string of the molecule is C=C[n+]1ccccc1CCC.[I-]. The summed E-state index contributed by atoms with van der Waals surface area (Å²) in [5.74, 6) is 0. The van der Waals surface area contributed by atoms with Gasteiger partial charge < -0.3 is 24.0 Å². The van der Waals surface area contributed by atoms with Crippen LogP contribution in [0.2, 0.25) is 0 Å². The highest BCUT2D eigenvalue weighted by atomic mass is 127. The second-order valence-corrected chi connectivity index (χ2v) is 2.53. The molecule has 1 aromatic heterocycles. The summed E-state index contributed by atoms with van der Waals surface area (Å²) in [6.07, 6.45) is 6.16. The number of rotatable bonds is 3. The van der Waals surface area contributed by atoms with Crippen LogP contribution in [0.4, 0.5) is 0 Å². The maximum atomic E-state index is 3.74. The van der Waals surface area contributed by atoms with E-state index >= 15 is 0 Å². The van der Waals surface area contributed by atoms with Crippen molar-refractivity contribution in [3.05, 3.63) is 36.7 Å². The van der Waals surface area contributed by atoms with E-state index in [-0.39, 0.29) is 24.0 Å². The van der Waals surface area contributed by atoms with Gasteiger partial charge >= 0.3 is 0 Å². The number of aromatic nitrogens is 1. The van der Waals surface area contributed by atoms with Crippen molar-refractivity contribution < 1.29 is 28.5 Å². The molecule has 0 saturated carbocycles. The lowest BCUT2D eigenvalue weighted by molar-refractivity contribution is -0.577. The highest BCUT2D eigenvalue weighted by Crippen LogP contribution is 1.95. The van der Waals surface area contributed by atoms with E-state index in [0.717, 1.165) is 6.42 Å². The van der Waals surface area contributed by atoms with Gasteiger partial charge in [0.15, 0.2) is 18.1 Å². The Labute approximate surface area is 91.1 Å². The summed E-state index contributed by atoms with van der Waals surface area (Å²) >= 11 is 0. The summed E-state index contributed by atoms with van der Waals surface area (Å²) in [6, 6.07) is 6.21. The first-order chi connectivity index (χ1) is 5.38. The monoisotopic (exact) mass is 275 g/mol. The van der Waals surface area contributed by atoms with Gasteiger partial charge in [0.25, 0.3) is 0 Å². The molecular formula is C10H14IN. The van der Waals surface area contributed by atoms with Crippen LogP contribution in [0.1, 0.15) is 19.0 Å². The molecular weight excluding hydrogens is 261 g/mol. The zero-order chi connectivity index (χ0) is 8.10. The van der Waals surface area contributed by atoms with Gasteiger partial charge in [-0.1, -0.05) is 13.0 Å². The van der Waals surface area contributed by atoms with Crippen LogP contribution < -0.4 is 28.5 Å². The molecule has 1 aromatic rings. The van der Waals surface area contributed by atoms with Crippen molar-refractivity contribution >= 4 is 6.20 Å². The summed E-state index contributed by atoms with van der Waals surface area (Å²) < 4.78 is 2.06. The second-order valence-electron chi connectivity index (χ2n) is 2.53. The van der Waals surface area contributed by atoms with Crippen LogP contribution in [0.25, 0.3) is 6.20 Å². The molecule has 0 N–H and O–H groups in total. The van der Waals surface area contributed by atoms with E-state index in [1.54, 1.807) is 0 Å². The van der Waals surface area contributed by atoms with Crippen LogP contribution in [-0.2, 0) is 6.42 Å². The highest BCUT2D eigenvalue weighted by Gasteiger charge is 2.02. The molecule has 66 valence electrons. The zero-order valence-electron chi connectivity index (χ0n) is 7.33. The topological polar surface area (TPSA) is 3.88 Å². The Morgan fingerprint density at radius 3 is 2.83 bits per heavy atom. The Morgan fingerprint density at radius 2 is 2.25 bits per heavy atom.